The maximum Gasteiger partial charge on any atom is 0.322 e. The number of nitriles is 1. The summed E-state index contributed by atoms with van der Waals surface area (Å²) in [6.07, 6.45) is 10.7. The molecule has 5 rings (SSSR count). The van der Waals surface area contributed by atoms with Gasteiger partial charge in [0.15, 0.2) is 0 Å². The largest absolute Gasteiger partial charge is 0.367 e. The van der Waals surface area contributed by atoms with E-state index in [2.05, 4.69) is 31.8 Å². The van der Waals surface area contributed by atoms with Crippen LogP contribution in [-0.2, 0) is 13.6 Å². The minimum Gasteiger partial charge on any atom is -0.367 e. The number of nitrogens with one attached hydrogen (secondary N) is 2. The van der Waals surface area contributed by atoms with Crippen LogP contribution in [-0.4, -0.2) is 37.9 Å². The van der Waals surface area contributed by atoms with Gasteiger partial charge in [-0.1, -0.05) is 12.1 Å². The number of hydrogen-bond acceptors (Lipinski definition) is 7. The zero-order valence-electron chi connectivity index (χ0n) is 20.5. The summed E-state index contributed by atoms with van der Waals surface area (Å²) in [5.74, 6) is 0.770. The highest BCUT2D eigenvalue weighted by atomic mass is 32.1. The Hall–Kier alpha value is -4.23. The van der Waals surface area contributed by atoms with Crippen LogP contribution < -0.4 is 15.5 Å². The molecule has 1 fully saturated rings. The third-order valence-corrected chi connectivity index (χ3v) is 7.36. The minimum absolute atomic E-state index is 0.0764. The number of rotatable bonds is 7. The number of anilines is 2. The van der Waals surface area contributed by atoms with Crippen molar-refractivity contribution >= 4 is 28.9 Å². The quantitative estimate of drug-likeness (QED) is 0.362. The molecule has 1 aromatic carbocycles. The molecule has 0 unspecified atom stereocenters. The fourth-order valence-electron chi connectivity index (χ4n) is 4.69. The van der Waals surface area contributed by atoms with Gasteiger partial charge in [0.2, 0.25) is 0 Å². The average Bonchev–Trinajstić information content (AvgIpc) is 3.61. The molecule has 0 radical (unpaired) electrons. The first-order valence-electron chi connectivity index (χ1n) is 12.3. The number of hydrogen-bond donors (Lipinski definition) is 2. The summed E-state index contributed by atoms with van der Waals surface area (Å²) in [6.45, 7) is 0.405. The summed E-state index contributed by atoms with van der Waals surface area (Å²) in [5, 5.41) is 22.6. The van der Waals surface area contributed by atoms with E-state index < -0.39 is 0 Å². The fraction of sp³-hybridized carbons (Fsp3) is 0.296. The maximum absolute atomic E-state index is 13.5. The van der Waals surface area contributed by atoms with Crippen LogP contribution in [0.3, 0.4) is 0 Å². The Balaban J connectivity index is 1.29. The lowest BCUT2D eigenvalue weighted by Gasteiger charge is -2.37. The van der Waals surface area contributed by atoms with Crippen molar-refractivity contribution < 1.29 is 4.79 Å². The Labute approximate surface area is 219 Å². The van der Waals surface area contributed by atoms with Crippen molar-refractivity contribution in [3.63, 3.8) is 0 Å². The molecule has 1 aliphatic rings. The Morgan fingerprint density at radius 2 is 1.92 bits per heavy atom. The molecule has 3 heterocycles. The number of pyridine rings is 1. The minimum atomic E-state index is -0.116. The Bertz CT molecular complexity index is 1350. The Morgan fingerprint density at radius 1 is 1.11 bits per heavy atom. The van der Waals surface area contributed by atoms with Gasteiger partial charge < -0.3 is 10.6 Å². The third-order valence-electron chi connectivity index (χ3n) is 6.58. The van der Waals surface area contributed by atoms with Gasteiger partial charge in [-0.25, -0.2) is 14.8 Å². The number of nitrogens with zero attached hydrogens (tertiary/aromatic N) is 6. The number of carbonyl (C=O) groups excluding carboxylic acids is 1. The van der Waals surface area contributed by atoms with E-state index in [0.29, 0.717) is 12.1 Å². The first-order chi connectivity index (χ1) is 18.1. The average molecular weight is 513 g/mol. The molecular formula is C27H28N8OS. The molecule has 1 saturated carbocycles. The monoisotopic (exact) mass is 512 g/mol. The molecule has 37 heavy (non-hydrogen) atoms. The predicted octanol–water partition coefficient (Wildman–Crippen LogP) is 4.95. The smallest absolute Gasteiger partial charge is 0.322 e. The topological polar surface area (TPSA) is 112 Å². The molecule has 0 spiro atoms. The third kappa shape index (κ3) is 5.95. The molecule has 3 aromatic heterocycles. The van der Waals surface area contributed by atoms with Gasteiger partial charge in [0, 0.05) is 54.4 Å². The molecule has 2 amide bonds. The van der Waals surface area contributed by atoms with Gasteiger partial charge in [-0.05, 0) is 55.5 Å². The standard InChI is InChI=1S/C27H28N8OS/c1-34-18-21(16-32-34)20-3-7-23(8-4-20)35(27(36)31-17-26-29-12-13-37-26)24-9-5-22(6-10-24)33-25-11-2-19(14-28)15-30-25/h2-4,7-8,11-13,15-16,18,22,24H,5-6,9-10,17H2,1H3,(H,30,33)(H,31,36). The van der Waals surface area contributed by atoms with E-state index in [0.717, 1.165) is 53.3 Å². The van der Waals surface area contributed by atoms with Crippen molar-refractivity contribution in [1.29, 1.82) is 5.26 Å². The lowest BCUT2D eigenvalue weighted by molar-refractivity contribution is 0.240. The molecule has 9 nitrogen and oxygen atoms in total. The fourth-order valence-corrected chi connectivity index (χ4v) is 5.24. The van der Waals surface area contributed by atoms with Crippen molar-refractivity contribution in [1.82, 2.24) is 25.1 Å². The first-order valence-corrected chi connectivity index (χ1v) is 13.1. The summed E-state index contributed by atoms with van der Waals surface area (Å²) in [5.41, 5.74) is 3.51. The maximum atomic E-state index is 13.5. The number of carbonyl (C=O) groups is 1. The van der Waals surface area contributed by atoms with Crippen molar-refractivity contribution in [2.45, 2.75) is 44.3 Å². The summed E-state index contributed by atoms with van der Waals surface area (Å²) in [7, 11) is 1.90. The van der Waals surface area contributed by atoms with Gasteiger partial charge in [-0.15, -0.1) is 11.3 Å². The molecule has 0 atom stereocenters. The zero-order chi connectivity index (χ0) is 25.6. The number of aromatic nitrogens is 4. The van der Waals surface area contributed by atoms with E-state index in [4.69, 9.17) is 5.26 Å². The van der Waals surface area contributed by atoms with E-state index >= 15 is 0 Å². The van der Waals surface area contributed by atoms with Gasteiger partial charge in [0.25, 0.3) is 0 Å². The predicted molar refractivity (Wildman–Crippen MR) is 144 cm³/mol. The van der Waals surface area contributed by atoms with Crippen LogP contribution in [0.25, 0.3) is 11.1 Å². The zero-order valence-corrected chi connectivity index (χ0v) is 21.4. The molecule has 2 N–H and O–H groups in total. The van der Waals surface area contributed by atoms with E-state index in [1.807, 2.05) is 60.1 Å². The number of thiazole rings is 1. The Kier molecular flexibility index (Phi) is 7.42. The molecule has 10 heteroatoms. The van der Waals surface area contributed by atoms with Crippen molar-refractivity contribution in [3.05, 3.63) is 77.1 Å². The summed E-state index contributed by atoms with van der Waals surface area (Å²) < 4.78 is 1.78. The normalized spacial score (nSPS) is 17.1. The molecule has 0 saturated heterocycles. The molecule has 0 bridgehead atoms. The van der Waals surface area contributed by atoms with Crippen LogP contribution in [0, 0.1) is 11.3 Å². The van der Waals surface area contributed by atoms with Crippen molar-refractivity contribution in [3.8, 4) is 17.2 Å². The number of benzene rings is 1. The lowest BCUT2D eigenvalue weighted by Crippen LogP contribution is -2.48. The molecule has 4 aromatic rings. The lowest BCUT2D eigenvalue weighted by atomic mass is 9.89. The van der Waals surface area contributed by atoms with Crippen LogP contribution in [0.4, 0.5) is 16.3 Å². The highest BCUT2D eigenvalue weighted by Crippen LogP contribution is 2.31. The first kappa shape index (κ1) is 24.5. The highest BCUT2D eigenvalue weighted by molar-refractivity contribution is 7.09. The SMILES string of the molecule is Cn1cc(-c2ccc(N(C(=O)NCc3nccs3)C3CCC(Nc4ccc(C#N)cn4)CC3)cc2)cn1. The van der Waals surface area contributed by atoms with Gasteiger partial charge in [-0.3, -0.25) is 9.58 Å². The molecule has 0 aliphatic heterocycles. The molecule has 1 aliphatic carbocycles. The van der Waals surface area contributed by atoms with E-state index in [1.165, 1.54) is 11.3 Å². The van der Waals surface area contributed by atoms with Gasteiger partial charge in [0.05, 0.1) is 18.3 Å². The summed E-state index contributed by atoms with van der Waals surface area (Å²) in [6, 6.07) is 14.0. The van der Waals surface area contributed by atoms with Gasteiger partial charge in [0.1, 0.15) is 16.9 Å². The molecule has 188 valence electrons. The van der Waals surface area contributed by atoms with Gasteiger partial charge >= 0.3 is 6.03 Å². The summed E-state index contributed by atoms with van der Waals surface area (Å²) in [4.78, 5) is 24.0. The number of urea groups is 1. The van der Waals surface area contributed by atoms with E-state index in [1.54, 1.807) is 23.1 Å². The molecular weight excluding hydrogens is 484 g/mol. The van der Waals surface area contributed by atoms with Gasteiger partial charge in [-0.2, -0.15) is 10.4 Å². The second-order valence-corrected chi connectivity index (χ2v) is 10.1. The summed E-state index contributed by atoms with van der Waals surface area (Å²) >= 11 is 1.53. The van der Waals surface area contributed by atoms with E-state index in [9.17, 15) is 4.79 Å². The second-order valence-electron chi connectivity index (χ2n) is 9.10. The number of amides is 2. The van der Waals surface area contributed by atoms with Crippen LogP contribution >= 0.6 is 11.3 Å². The second kappa shape index (κ2) is 11.2. The van der Waals surface area contributed by atoms with Crippen LogP contribution in [0.2, 0.25) is 0 Å². The van der Waals surface area contributed by atoms with Crippen LogP contribution in [0.15, 0.2) is 66.6 Å². The van der Waals surface area contributed by atoms with Crippen molar-refractivity contribution in [2.24, 2.45) is 7.05 Å². The Morgan fingerprint density at radius 3 is 2.54 bits per heavy atom. The van der Waals surface area contributed by atoms with E-state index in [-0.39, 0.29) is 18.1 Å². The number of aryl methyl sites for hydroxylation is 1. The van der Waals surface area contributed by atoms with Crippen LogP contribution in [0.1, 0.15) is 36.3 Å². The van der Waals surface area contributed by atoms with Crippen molar-refractivity contribution in [2.75, 3.05) is 10.2 Å². The highest BCUT2D eigenvalue weighted by Gasteiger charge is 2.30. The van der Waals surface area contributed by atoms with Crippen LogP contribution in [0.5, 0.6) is 0 Å².